The molecule has 4 N–H and O–H groups in total. The van der Waals surface area contributed by atoms with Gasteiger partial charge in [-0.15, -0.1) is 0 Å². The van der Waals surface area contributed by atoms with Crippen molar-refractivity contribution in [2.75, 3.05) is 25.5 Å². The number of carbonyl (C=O) groups is 1. The van der Waals surface area contributed by atoms with E-state index in [2.05, 4.69) is 20.6 Å². The SMILES string of the molecule is CCc1cc(Nc2nccn3c(-c4ccc(OC)c(F)c4F)cnc23)ccc1C(=O)NCC(C)(C)CN. The van der Waals surface area contributed by atoms with E-state index in [4.69, 9.17) is 10.5 Å². The quantitative estimate of drug-likeness (QED) is 0.303. The van der Waals surface area contributed by atoms with Crippen LogP contribution in [-0.4, -0.2) is 40.5 Å². The van der Waals surface area contributed by atoms with Gasteiger partial charge in [-0.25, -0.2) is 14.4 Å². The van der Waals surface area contributed by atoms with Crippen molar-refractivity contribution in [1.82, 2.24) is 19.7 Å². The van der Waals surface area contributed by atoms with Gasteiger partial charge in [-0.1, -0.05) is 20.8 Å². The Bertz CT molecular complexity index is 1450. The van der Waals surface area contributed by atoms with E-state index in [1.54, 1.807) is 28.9 Å². The fourth-order valence-corrected chi connectivity index (χ4v) is 3.90. The van der Waals surface area contributed by atoms with Crippen LogP contribution in [0.15, 0.2) is 48.9 Å². The van der Waals surface area contributed by atoms with E-state index in [1.807, 2.05) is 26.8 Å². The van der Waals surface area contributed by atoms with Crippen LogP contribution in [0.4, 0.5) is 20.3 Å². The highest BCUT2D eigenvalue weighted by Crippen LogP contribution is 2.31. The van der Waals surface area contributed by atoms with E-state index in [1.165, 1.54) is 25.4 Å². The highest BCUT2D eigenvalue weighted by atomic mass is 19.2. The zero-order chi connectivity index (χ0) is 26.7. The van der Waals surface area contributed by atoms with Gasteiger partial charge in [0, 0.05) is 35.8 Å². The summed E-state index contributed by atoms with van der Waals surface area (Å²) in [4.78, 5) is 21.6. The summed E-state index contributed by atoms with van der Waals surface area (Å²) in [5.74, 6) is -2.00. The molecule has 194 valence electrons. The second kappa shape index (κ2) is 10.5. The van der Waals surface area contributed by atoms with E-state index in [-0.39, 0.29) is 22.6 Å². The summed E-state index contributed by atoms with van der Waals surface area (Å²) in [7, 11) is 1.28. The molecule has 0 aliphatic carbocycles. The molecule has 1 amide bonds. The Morgan fingerprint density at radius 2 is 1.95 bits per heavy atom. The summed E-state index contributed by atoms with van der Waals surface area (Å²) in [5.41, 5.74) is 8.57. The molecule has 4 aromatic rings. The third-order valence-corrected chi connectivity index (χ3v) is 6.24. The van der Waals surface area contributed by atoms with Gasteiger partial charge in [0.2, 0.25) is 5.82 Å². The number of fused-ring (bicyclic) bond motifs is 1. The van der Waals surface area contributed by atoms with Crippen molar-refractivity contribution < 1.29 is 18.3 Å². The van der Waals surface area contributed by atoms with Crippen molar-refractivity contribution >= 4 is 23.1 Å². The molecule has 0 aliphatic heterocycles. The van der Waals surface area contributed by atoms with Gasteiger partial charge in [0.05, 0.1) is 19.0 Å². The Balaban J connectivity index is 1.62. The number of hydrogen-bond donors (Lipinski definition) is 3. The molecular weight excluding hydrogens is 478 g/mol. The van der Waals surface area contributed by atoms with Crippen molar-refractivity contribution in [3.8, 4) is 17.0 Å². The molecule has 2 heterocycles. The molecule has 0 spiro atoms. The number of amides is 1. The van der Waals surface area contributed by atoms with Crippen LogP contribution >= 0.6 is 0 Å². The van der Waals surface area contributed by atoms with Crippen molar-refractivity contribution in [3.63, 3.8) is 0 Å². The number of anilines is 2. The molecule has 0 radical (unpaired) electrons. The maximum absolute atomic E-state index is 14.7. The normalized spacial score (nSPS) is 11.5. The number of carbonyl (C=O) groups excluding carboxylic acids is 1. The van der Waals surface area contributed by atoms with E-state index < -0.39 is 11.6 Å². The maximum Gasteiger partial charge on any atom is 0.251 e. The predicted octanol–water partition coefficient (Wildman–Crippen LogP) is 4.70. The van der Waals surface area contributed by atoms with Gasteiger partial charge in [-0.3, -0.25) is 9.20 Å². The molecule has 0 bridgehead atoms. The highest BCUT2D eigenvalue weighted by molar-refractivity contribution is 5.96. The molecule has 0 aliphatic rings. The molecular formula is C27H30F2N6O2. The van der Waals surface area contributed by atoms with Crippen LogP contribution in [0.3, 0.4) is 0 Å². The van der Waals surface area contributed by atoms with Gasteiger partial charge in [0.15, 0.2) is 23.0 Å². The average molecular weight is 509 g/mol. The van der Waals surface area contributed by atoms with E-state index >= 15 is 0 Å². The zero-order valence-corrected chi connectivity index (χ0v) is 21.2. The second-order valence-corrected chi connectivity index (χ2v) is 9.46. The number of benzene rings is 2. The number of aromatic nitrogens is 3. The molecule has 0 unspecified atom stereocenters. The Hall–Kier alpha value is -4.05. The number of aryl methyl sites for hydroxylation is 1. The van der Waals surface area contributed by atoms with Crippen molar-refractivity contribution in [2.45, 2.75) is 27.2 Å². The minimum absolute atomic E-state index is 0.0457. The summed E-state index contributed by atoms with van der Waals surface area (Å²) in [6.45, 7) is 6.90. The fourth-order valence-electron chi connectivity index (χ4n) is 3.90. The number of methoxy groups -OCH3 is 1. The third kappa shape index (κ3) is 5.24. The number of nitrogens with two attached hydrogens (primary N) is 1. The van der Waals surface area contributed by atoms with Crippen LogP contribution in [0, 0.1) is 17.0 Å². The fraction of sp³-hybridized carbons (Fsp3) is 0.296. The minimum atomic E-state index is -1.06. The number of rotatable bonds is 9. The van der Waals surface area contributed by atoms with Crippen molar-refractivity contribution in [3.05, 3.63) is 71.7 Å². The van der Waals surface area contributed by atoms with Crippen LogP contribution in [-0.2, 0) is 6.42 Å². The summed E-state index contributed by atoms with van der Waals surface area (Å²) in [6.07, 6.45) is 5.27. The number of imidazole rings is 1. The molecule has 0 saturated carbocycles. The smallest absolute Gasteiger partial charge is 0.251 e. The first kappa shape index (κ1) is 26.0. The van der Waals surface area contributed by atoms with Crippen molar-refractivity contribution in [2.24, 2.45) is 11.1 Å². The Morgan fingerprint density at radius 1 is 1.16 bits per heavy atom. The topological polar surface area (TPSA) is 107 Å². The predicted molar refractivity (Wildman–Crippen MR) is 139 cm³/mol. The second-order valence-electron chi connectivity index (χ2n) is 9.46. The first-order chi connectivity index (χ1) is 17.7. The Morgan fingerprint density at radius 3 is 2.65 bits per heavy atom. The third-order valence-electron chi connectivity index (χ3n) is 6.24. The van der Waals surface area contributed by atoms with E-state index in [0.717, 1.165) is 5.56 Å². The van der Waals surface area contributed by atoms with Crippen molar-refractivity contribution in [1.29, 1.82) is 0 Å². The van der Waals surface area contributed by atoms with E-state index in [0.29, 0.717) is 47.9 Å². The lowest BCUT2D eigenvalue weighted by atomic mass is 9.93. The minimum Gasteiger partial charge on any atom is -0.494 e. The molecule has 37 heavy (non-hydrogen) atoms. The van der Waals surface area contributed by atoms with Gasteiger partial charge in [-0.05, 0) is 54.3 Å². The number of halogens is 2. The number of ether oxygens (including phenoxy) is 1. The lowest BCUT2D eigenvalue weighted by molar-refractivity contribution is 0.0937. The number of nitrogens with one attached hydrogen (secondary N) is 2. The maximum atomic E-state index is 14.7. The first-order valence-electron chi connectivity index (χ1n) is 11.9. The van der Waals surface area contributed by atoms with Crippen LogP contribution in [0.1, 0.15) is 36.7 Å². The molecule has 0 fully saturated rings. The van der Waals surface area contributed by atoms with Crippen LogP contribution in [0.2, 0.25) is 0 Å². The molecule has 10 heteroatoms. The largest absolute Gasteiger partial charge is 0.494 e. The van der Waals surface area contributed by atoms with Crippen LogP contribution < -0.4 is 21.1 Å². The number of hydrogen-bond acceptors (Lipinski definition) is 6. The molecule has 2 aromatic heterocycles. The van der Waals surface area contributed by atoms with Gasteiger partial charge in [-0.2, -0.15) is 4.39 Å². The van der Waals surface area contributed by atoms with Gasteiger partial charge in [0.1, 0.15) is 0 Å². The number of nitrogens with zero attached hydrogens (tertiary/aromatic N) is 3. The van der Waals surface area contributed by atoms with Crippen LogP contribution in [0.5, 0.6) is 5.75 Å². The molecule has 8 nitrogen and oxygen atoms in total. The Kier molecular flexibility index (Phi) is 7.40. The average Bonchev–Trinajstić information content (AvgIpc) is 3.33. The molecule has 4 rings (SSSR count). The molecule has 2 aromatic carbocycles. The lowest BCUT2D eigenvalue weighted by Crippen LogP contribution is -2.38. The zero-order valence-electron chi connectivity index (χ0n) is 21.2. The molecule has 0 saturated heterocycles. The van der Waals surface area contributed by atoms with Gasteiger partial charge < -0.3 is 21.1 Å². The first-order valence-corrected chi connectivity index (χ1v) is 11.9. The van der Waals surface area contributed by atoms with Gasteiger partial charge >= 0.3 is 0 Å². The van der Waals surface area contributed by atoms with E-state index in [9.17, 15) is 13.6 Å². The Labute approximate surface area is 213 Å². The van der Waals surface area contributed by atoms with Crippen LogP contribution in [0.25, 0.3) is 16.9 Å². The summed E-state index contributed by atoms with van der Waals surface area (Å²) in [5, 5.41) is 6.19. The molecule has 0 atom stereocenters. The lowest BCUT2D eigenvalue weighted by Gasteiger charge is -2.23. The monoisotopic (exact) mass is 508 g/mol. The summed E-state index contributed by atoms with van der Waals surface area (Å²) in [6, 6.07) is 8.25. The standard InChI is InChI=1S/C27H30F2N6O2/c1-5-16-12-17(6-7-18(16)26(36)33-15-27(2,3)14-30)34-24-25-32-13-20(35(25)11-10-31-24)19-8-9-21(37-4)23(29)22(19)28/h6-13H,5,14-15,30H2,1-4H3,(H,31,34)(H,33,36). The van der Waals surface area contributed by atoms with Gasteiger partial charge in [0.25, 0.3) is 5.91 Å². The highest BCUT2D eigenvalue weighted by Gasteiger charge is 2.20. The summed E-state index contributed by atoms with van der Waals surface area (Å²) < 4.78 is 35.6. The summed E-state index contributed by atoms with van der Waals surface area (Å²) >= 11 is 0.